The maximum Gasteiger partial charge on any atom is 0.212 e. The van der Waals surface area contributed by atoms with E-state index in [1.807, 2.05) is 12.1 Å². The zero-order chi connectivity index (χ0) is 15.6. The monoisotopic (exact) mass is 320 g/mol. The molecule has 0 saturated heterocycles. The van der Waals surface area contributed by atoms with Crippen LogP contribution in [0.25, 0.3) is 5.82 Å². The molecule has 0 unspecified atom stereocenters. The quantitative estimate of drug-likeness (QED) is 0.879. The maximum absolute atomic E-state index is 12.1. The molecular weight excluding hydrogens is 300 g/mol. The third kappa shape index (κ3) is 3.72. The largest absolute Gasteiger partial charge is 0.237 e. The van der Waals surface area contributed by atoms with Gasteiger partial charge >= 0.3 is 0 Å². The lowest BCUT2D eigenvalue weighted by Gasteiger charge is -2.32. The predicted octanol–water partition coefficient (Wildman–Crippen LogP) is 1.73. The Hall–Kier alpha value is -1.73. The first-order valence-electron chi connectivity index (χ1n) is 7.44. The topological polar surface area (TPSA) is 76.9 Å². The van der Waals surface area contributed by atoms with Crippen molar-refractivity contribution in [3.63, 3.8) is 0 Å². The van der Waals surface area contributed by atoms with Gasteiger partial charge in [0.2, 0.25) is 10.0 Å². The van der Waals surface area contributed by atoms with Crippen LogP contribution in [0.15, 0.2) is 36.8 Å². The van der Waals surface area contributed by atoms with Crippen molar-refractivity contribution < 1.29 is 8.42 Å². The molecule has 0 aromatic carbocycles. The predicted molar refractivity (Wildman–Crippen MR) is 83.9 cm³/mol. The van der Waals surface area contributed by atoms with E-state index in [2.05, 4.69) is 21.7 Å². The van der Waals surface area contributed by atoms with E-state index in [1.165, 1.54) is 0 Å². The molecule has 0 spiro atoms. The van der Waals surface area contributed by atoms with Crippen LogP contribution >= 0.6 is 0 Å². The number of hydrogen-bond donors (Lipinski definition) is 1. The van der Waals surface area contributed by atoms with E-state index in [0.29, 0.717) is 17.7 Å². The van der Waals surface area contributed by atoms with Crippen LogP contribution in [0.5, 0.6) is 0 Å². The molecule has 1 N–H and O–H groups in total. The van der Waals surface area contributed by atoms with Crippen LogP contribution in [0, 0.1) is 11.8 Å². The standard InChI is InChI=1S/C15H20N4O2S/c1-12-7-14(8-12)11-22(20,21)18-10-13-3-5-16-15(9-13)19-6-2-4-17-19/h2-6,9,12,14,18H,7-8,10-11H2,1H3. The number of nitrogens with zero attached hydrogens (tertiary/aromatic N) is 3. The third-order valence-corrected chi connectivity index (χ3v) is 5.47. The highest BCUT2D eigenvalue weighted by atomic mass is 32.2. The Morgan fingerprint density at radius 1 is 1.36 bits per heavy atom. The van der Waals surface area contributed by atoms with Gasteiger partial charge in [-0.2, -0.15) is 5.10 Å². The number of hydrogen-bond acceptors (Lipinski definition) is 4. The van der Waals surface area contributed by atoms with Gasteiger partial charge in [0.05, 0.1) is 5.75 Å². The lowest BCUT2D eigenvalue weighted by molar-refractivity contribution is 0.235. The van der Waals surface area contributed by atoms with Gasteiger partial charge in [0.15, 0.2) is 5.82 Å². The molecule has 22 heavy (non-hydrogen) atoms. The molecule has 1 saturated carbocycles. The lowest BCUT2D eigenvalue weighted by Crippen LogP contribution is -2.34. The van der Waals surface area contributed by atoms with Crippen molar-refractivity contribution in [3.05, 3.63) is 42.4 Å². The summed E-state index contributed by atoms with van der Waals surface area (Å²) in [7, 11) is -3.22. The molecule has 118 valence electrons. The molecule has 0 amide bonds. The number of nitrogens with one attached hydrogen (secondary N) is 1. The van der Waals surface area contributed by atoms with Crippen molar-refractivity contribution in [2.24, 2.45) is 11.8 Å². The minimum absolute atomic E-state index is 0.231. The van der Waals surface area contributed by atoms with Gasteiger partial charge in [-0.1, -0.05) is 6.92 Å². The Morgan fingerprint density at radius 3 is 2.86 bits per heavy atom. The van der Waals surface area contributed by atoms with Crippen LogP contribution in [-0.2, 0) is 16.6 Å². The molecule has 1 fully saturated rings. The van der Waals surface area contributed by atoms with Crippen LogP contribution < -0.4 is 4.72 Å². The van der Waals surface area contributed by atoms with Crippen LogP contribution in [-0.4, -0.2) is 28.9 Å². The van der Waals surface area contributed by atoms with Crippen molar-refractivity contribution >= 4 is 10.0 Å². The van der Waals surface area contributed by atoms with E-state index in [0.717, 1.165) is 18.4 Å². The van der Waals surface area contributed by atoms with Crippen LogP contribution in [0.2, 0.25) is 0 Å². The number of rotatable bonds is 6. The maximum atomic E-state index is 12.1. The van der Waals surface area contributed by atoms with Gasteiger partial charge < -0.3 is 0 Å². The molecule has 0 bridgehead atoms. The van der Waals surface area contributed by atoms with E-state index >= 15 is 0 Å². The SMILES string of the molecule is CC1CC(CS(=O)(=O)NCc2ccnc(-n3cccn3)c2)C1. The van der Waals surface area contributed by atoms with Crippen LogP contribution in [0.1, 0.15) is 25.3 Å². The molecule has 7 heteroatoms. The molecule has 6 nitrogen and oxygen atoms in total. The average Bonchev–Trinajstić information content (AvgIpc) is 2.98. The van der Waals surface area contributed by atoms with Gasteiger partial charge in [-0.25, -0.2) is 22.8 Å². The highest BCUT2D eigenvalue weighted by Gasteiger charge is 2.29. The highest BCUT2D eigenvalue weighted by Crippen LogP contribution is 2.33. The average molecular weight is 320 g/mol. The summed E-state index contributed by atoms with van der Waals surface area (Å²) in [4.78, 5) is 4.23. The van der Waals surface area contributed by atoms with Crippen molar-refractivity contribution in [2.45, 2.75) is 26.3 Å². The van der Waals surface area contributed by atoms with Gasteiger partial charge in [0.25, 0.3) is 0 Å². The lowest BCUT2D eigenvalue weighted by atomic mass is 9.77. The Kier molecular flexibility index (Phi) is 4.26. The second-order valence-electron chi connectivity index (χ2n) is 6.02. The Labute approximate surface area is 130 Å². The smallest absolute Gasteiger partial charge is 0.212 e. The first-order valence-corrected chi connectivity index (χ1v) is 9.09. The van der Waals surface area contributed by atoms with Crippen molar-refractivity contribution in [1.29, 1.82) is 0 Å². The van der Waals surface area contributed by atoms with Crippen LogP contribution in [0.3, 0.4) is 0 Å². The summed E-state index contributed by atoms with van der Waals surface area (Å²) < 4.78 is 28.5. The van der Waals surface area contributed by atoms with Crippen molar-refractivity contribution in [1.82, 2.24) is 19.5 Å². The fourth-order valence-electron chi connectivity index (χ4n) is 2.87. The minimum atomic E-state index is -3.22. The van der Waals surface area contributed by atoms with E-state index < -0.39 is 10.0 Å². The molecule has 3 rings (SSSR count). The molecule has 0 radical (unpaired) electrons. The third-order valence-electron chi connectivity index (χ3n) is 3.97. The number of aromatic nitrogens is 3. The second kappa shape index (κ2) is 6.18. The zero-order valence-corrected chi connectivity index (χ0v) is 13.3. The van der Waals surface area contributed by atoms with E-state index in [9.17, 15) is 8.42 Å². The molecule has 0 aliphatic heterocycles. The molecule has 2 aromatic rings. The summed E-state index contributed by atoms with van der Waals surface area (Å²) in [6.45, 7) is 2.44. The highest BCUT2D eigenvalue weighted by molar-refractivity contribution is 7.89. The second-order valence-corrected chi connectivity index (χ2v) is 7.87. The van der Waals surface area contributed by atoms with Crippen LogP contribution in [0.4, 0.5) is 0 Å². The molecule has 2 heterocycles. The van der Waals surface area contributed by atoms with E-state index in [4.69, 9.17) is 0 Å². The summed E-state index contributed by atoms with van der Waals surface area (Å²) in [6.07, 6.45) is 7.16. The van der Waals surface area contributed by atoms with Gasteiger partial charge in [-0.3, -0.25) is 0 Å². The summed E-state index contributed by atoms with van der Waals surface area (Å²) >= 11 is 0. The summed E-state index contributed by atoms with van der Waals surface area (Å²) in [5.41, 5.74) is 0.867. The molecule has 1 aliphatic carbocycles. The zero-order valence-electron chi connectivity index (χ0n) is 12.5. The first kappa shape index (κ1) is 15.2. The minimum Gasteiger partial charge on any atom is -0.237 e. The van der Waals surface area contributed by atoms with Gasteiger partial charge in [0, 0.05) is 25.1 Å². The Bertz CT molecular complexity index is 722. The van der Waals surface area contributed by atoms with Gasteiger partial charge in [-0.15, -0.1) is 0 Å². The van der Waals surface area contributed by atoms with E-state index in [1.54, 1.807) is 29.3 Å². The normalized spacial score (nSPS) is 21.5. The Balaban J connectivity index is 1.60. The molecular formula is C15H20N4O2S. The number of sulfonamides is 1. The van der Waals surface area contributed by atoms with Gasteiger partial charge in [0.1, 0.15) is 0 Å². The molecule has 1 aliphatic rings. The van der Waals surface area contributed by atoms with E-state index in [-0.39, 0.29) is 12.3 Å². The summed E-state index contributed by atoms with van der Waals surface area (Å²) in [6, 6.07) is 5.46. The van der Waals surface area contributed by atoms with Crippen molar-refractivity contribution in [3.8, 4) is 5.82 Å². The molecule has 0 atom stereocenters. The fourth-order valence-corrected chi connectivity index (χ4v) is 4.26. The first-order chi connectivity index (χ1) is 10.5. The Morgan fingerprint density at radius 2 is 2.18 bits per heavy atom. The van der Waals surface area contributed by atoms with Gasteiger partial charge in [-0.05, 0) is 48.4 Å². The van der Waals surface area contributed by atoms with Crippen molar-refractivity contribution in [2.75, 3.05) is 5.75 Å². The summed E-state index contributed by atoms with van der Waals surface area (Å²) in [5, 5.41) is 4.12. The molecule has 2 aromatic heterocycles. The fraction of sp³-hybridized carbons (Fsp3) is 0.467. The number of pyridine rings is 1. The summed E-state index contributed by atoms with van der Waals surface area (Å²) in [5.74, 6) is 1.88.